The van der Waals surface area contributed by atoms with Gasteiger partial charge in [0.15, 0.2) is 0 Å². The number of likely N-dealkylation sites (tertiary alicyclic amines) is 1. The molecule has 1 aliphatic heterocycles. The quantitative estimate of drug-likeness (QED) is 0.790. The molecule has 0 spiro atoms. The van der Waals surface area contributed by atoms with Crippen molar-refractivity contribution in [3.8, 4) is 0 Å². The van der Waals surface area contributed by atoms with Crippen LogP contribution in [0.1, 0.15) is 53.4 Å². The van der Waals surface area contributed by atoms with Crippen LogP contribution in [0, 0.1) is 11.8 Å². The number of rotatable bonds is 6. The highest BCUT2D eigenvalue weighted by Crippen LogP contribution is 2.21. The predicted molar refractivity (Wildman–Crippen MR) is 76.5 cm³/mol. The summed E-state index contributed by atoms with van der Waals surface area (Å²) in [6.45, 7) is 11.9. The molecule has 3 heteroatoms. The smallest absolute Gasteiger partial charge is 0.222 e. The fourth-order valence-corrected chi connectivity index (χ4v) is 2.52. The van der Waals surface area contributed by atoms with E-state index in [9.17, 15) is 4.79 Å². The molecule has 1 atom stereocenters. The molecule has 1 saturated heterocycles. The van der Waals surface area contributed by atoms with Crippen LogP contribution in [0.25, 0.3) is 0 Å². The highest BCUT2D eigenvalue weighted by molar-refractivity contribution is 5.78. The molecule has 0 aromatic heterocycles. The van der Waals surface area contributed by atoms with E-state index in [-0.39, 0.29) is 11.8 Å². The molecule has 1 N–H and O–H groups in total. The van der Waals surface area contributed by atoms with E-state index in [1.54, 1.807) is 0 Å². The third kappa shape index (κ3) is 4.97. The lowest BCUT2D eigenvalue weighted by molar-refractivity contribution is -0.124. The van der Waals surface area contributed by atoms with Crippen molar-refractivity contribution in [2.45, 2.75) is 59.4 Å². The lowest BCUT2D eigenvalue weighted by Crippen LogP contribution is -2.39. The van der Waals surface area contributed by atoms with Crippen molar-refractivity contribution in [2.75, 3.05) is 19.6 Å². The summed E-state index contributed by atoms with van der Waals surface area (Å²) in [6.07, 6.45) is 4.65. The highest BCUT2D eigenvalue weighted by atomic mass is 16.1. The van der Waals surface area contributed by atoms with Crippen molar-refractivity contribution in [3.05, 3.63) is 0 Å². The van der Waals surface area contributed by atoms with E-state index in [0.29, 0.717) is 6.04 Å². The van der Waals surface area contributed by atoms with Gasteiger partial charge in [0.2, 0.25) is 5.91 Å². The van der Waals surface area contributed by atoms with E-state index in [1.165, 1.54) is 25.9 Å². The minimum absolute atomic E-state index is 0.160. The standard InChI is InChI=1S/C15H30N2O/c1-5-13(4)15(18)16-9-6-14-7-10-17(11-8-14)12(2)3/h12-14H,5-11H2,1-4H3,(H,16,18). The molecule has 106 valence electrons. The van der Waals surface area contributed by atoms with Crippen LogP contribution < -0.4 is 5.32 Å². The van der Waals surface area contributed by atoms with E-state index in [1.807, 2.05) is 6.92 Å². The third-order valence-electron chi connectivity index (χ3n) is 4.29. The molecule has 0 aromatic carbocycles. The molecule has 0 aromatic rings. The molecule has 0 saturated carbocycles. The van der Waals surface area contributed by atoms with Crippen LogP contribution in [0.4, 0.5) is 0 Å². The van der Waals surface area contributed by atoms with Crippen LogP contribution in [0.3, 0.4) is 0 Å². The zero-order valence-electron chi connectivity index (χ0n) is 12.5. The summed E-state index contributed by atoms with van der Waals surface area (Å²) >= 11 is 0. The maximum Gasteiger partial charge on any atom is 0.222 e. The molecule has 1 amide bonds. The fourth-order valence-electron chi connectivity index (χ4n) is 2.52. The molecule has 1 unspecified atom stereocenters. The lowest BCUT2D eigenvalue weighted by atomic mass is 9.93. The molecular formula is C15H30N2O. The summed E-state index contributed by atoms with van der Waals surface area (Å²) in [5, 5.41) is 3.06. The van der Waals surface area contributed by atoms with Gasteiger partial charge in [0.1, 0.15) is 0 Å². The van der Waals surface area contributed by atoms with Crippen LogP contribution in [-0.2, 0) is 4.79 Å². The number of piperidine rings is 1. The zero-order valence-corrected chi connectivity index (χ0v) is 12.5. The minimum atomic E-state index is 0.160. The largest absolute Gasteiger partial charge is 0.356 e. The van der Waals surface area contributed by atoms with Gasteiger partial charge in [-0.25, -0.2) is 0 Å². The maximum absolute atomic E-state index is 11.6. The van der Waals surface area contributed by atoms with Gasteiger partial charge in [0.05, 0.1) is 0 Å². The second kappa shape index (κ2) is 7.78. The first kappa shape index (κ1) is 15.5. The average molecular weight is 254 g/mol. The minimum Gasteiger partial charge on any atom is -0.356 e. The predicted octanol–water partition coefficient (Wildman–Crippen LogP) is 2.66. The van der Waals surface area contributed by atoms with Crippen molar-refractivity contribution in [2.24, 2.45) is 11.8 Å². The number of nitrogens with zero attached hydrogens (tertiary/aromatic N) is 1. The molecule has 1 aliphatic rings. The molecule has 1 fully saturated rings. The average Bonchev–Trinajstić information content (AvgIpc) is 2.38. The molecule has 1 heterocycles. The van der Waals surface area contributed by atoms with Crippen LogP contribution in [0.15, 0.2) is 0 Å². The third-order valence-corrected chi connectivity index (χ3v) is 4.29. The Balaban J connectivity index is 2.13. The lowest BCUT2D eigenvalue weighted by Gasteiger charge is -2.34. The molecule has 0 bridgehead atoms. The van der Waals surface area contributed by atoms with Gasteiger partial charge in [-0.1, -0.05) is 13.8 Å². The first-order valence-corrected chi connectivity index (χ1v) is 7.56. The molecule has 3 nitrogen and oxygen atoms in total. The normalized spacial score (nSPS) is 20.1. The Hall–Kier alpha value is -0.570. The Morgan fingerprint density at radius 2 is 1.89 bits per heavy atom. The van der Waals surface area contributed by atoms with Crippen LogP contribution in [0.2, 0.25) is 0 Å². The van der Waals surface area contributed by atoms with Crippen molar-refractivity contribution in [3.63, 3.8) is 0 Å². The van der Waals surface area contributed by atoms with Crippen molar-refractivity contribution in [1.82, 2.24) is 10.2 Å². The Kier molecular flexibility index (Phi) is 6.69. The summed E-state index contributed by atoms with van der Waals surface area (Å²) in [5.41, 5.74) is 0. The molecular weight excluding hydrogens is 224 g/mol. The number of hydrogen-bond donors (Lipinski definition) is 1. The van der Waals surface area contributed by atoms with Gasteiger partial charge < -0.3 is 10.2 Å². The summed E-state index contributed by atoms with van der Waals surface area (Å²) in [7, 11) is 0. The number of amides is 1. The molecule has 1 rings (SSSR count). The summed E-state index contributed by atoms with van der Waals surface area (Å²) < 4.78 is 0. The number of nitrogens with one attached hydrogen (secondary N) is 1. The SMILES string of the molecule is CCC(C)C(=O)NCCC1CCN(C(C)C)CC1. The Morgan fingerprint density at radius 3 is 2.39 bits per heavy atom. The van der Waals surface area contributed by atoms with Gasteiger partial charge in [-0.05, 0) is 58.5 Å². The topological polar surface area (TPSA) is 32.3 Å². The van der Waals surface area contributed by atoms with Crippen LogP contribution >= 0.6 is 0 Å². The van der Waals surface area contributed by atoms with Gasteiger partial charge in [-0.2, -0.15) is 0 Å². The summed E-state index contributed by atoms with van der Waals surface area (Å²) in [5.74, 6) is 1.18. The Morgan fingerprint density at radius 1 is 1.28 bits per heavy atom. The first-order chi connectivity index (χ1) is 8.54. The van der Waals surface area contributed by atoms with E-state index in [4.69, 9.17) is 0 Å². The van der Waals surface area contributed by atoms with E-state index >= 15 is 0 Å². The van der Waals surface area contributed by atoms with E-state index in [0.717, 1.165) is 25.3 Å². The second-order valence-corrected chi connectivity index (χ2v) is 5.96. The van der Waals surface area contributed by atoms with Gasteiger partial charge in [-0.3, -0.25) is 4.79 Å². The van der Waals surface area contributed by atoms with E-state index in [2.05, 4.69) is 31.0 Å². The summed E-state index contributed by atoms with van der Waals surface area (Å²) in [6, 6.07) is 0.677. The fraction of sp³-hybridized carbons (Fsp3) is 0.933. The van der Waals surface area contributed by atoms with Crippen molar-refractivity contribution < 1.29 is 4.79 Å². The van der Waals surface area contributed by atoms with Crippen LogP contribution in [0.5, 0.6) is 0 Å². The van der Waals surface area contributed by atoms with Crippen molar-refractivity contribution in [1.29, 1.82) is 0 Å². The number of hydrogen-bond acceptors (Lipinski definition) is 2. The molecule has 18 heavy (non-hydrogen) atoms. The summed E-state index contributed by atoms with van der Waals surface area (Å²) in [4.78, 5) is 14.2. The van der Waals surface area contributed by atoms with Gasteiger partial charge >= 0.3 is 0 Å². The number of carbonyl (C=O) groups excluding carboxylic acids is 1. The molecule has 0 aliphatic carbocycles. The van der Waals surface area contributed by atoms with E-state index < -0.39 is 0 Å². The van der Waals surface area contributed by atoms with Gasteiger partial charge in [-0.15, -0.1) is 0 Å². The zero-order chi connectivity index (χ0) is 13.5. The number of carbonyl (C=O) groups is 1. The Bertz CT molecular complexity index is 245. The second-order valence-electron chi connectivity index (χ2n) is 5.96. The van der Waals surface area contributed by atoms with Crippen molar-refractivity contribution >= 4 is 5.91 Å². The Labute approximate surface area is 112 Å². The van der Waals surface area contributed by atoms with Gasteiger partial charge in [0.25, 0.3) is 0 Å². The maximum atomic E-state index is 11.6. The van der Waals surface area contributed by atoms with Crippen LogP contribution in [-0.4, -0.2) is 36.5 Å². The highest BCUT2D eigenvalue weighted by Gasteiger charge is 2.20. The monoisotopic (exact) mass is 254 g/mol. The first-order valence-electron chi connectivity index (χ1n) is 7.56. The molecule has 0 radical (unpaired) electrons. The van der Waals surface area contributed by atoms with Gasteiger partial charge in [0, 0.05) is 18.5 Å².